The Morgan fingerprint density at radius 2 is 1.09 bits per heavy atom. The van der Waals surface area contributed by atoms with Crippen LogP contribution in [0.15, 0.2) is 72.8 Å². The SMILES string of the molecule is CC[C@H](C)[C@@H](OC(=O)[C@@H](Cc1ccc(OC)cc1)N(C)C)C(=O)N[C@@H](C(=O)N(C)C(Cc1ccc(O)cc1)C(=O)N(C)[C@@H](Cc1ccc(O)cc1)C(=O)OC)C(C)C. The second-order valence-corrected chi connectivity index (χ2v) is 15.2. The summed E-state index contributed by atoms with van der Waals surface area (Å²) in [6.45, 7) is 7.18. The number of nitrogens with one attached hydrogen (secondary N) is 1. The predicted octanol–water partition coefficient (Wildman–Crippen LogP) is 3.99. The number of aromatic hydroxyl groups is 2. The van der Waals surface area contributed by atoms with E-state index in [1.807, 2.05) is 19.1 Å². The summed E-state index contributed by atoms with van der Waals surface area (Å²) in [7, 11) is 9.21. The molecule has 3 N–H and O–H groups in total. The number of hydrogen-bond acceptors (Lipinski definition) is 11. The lowest BCUT2D eigenvalue weighted by atomic mass is 9.96. The molecule has 0 aromatic heterocycles. The summed E-state index contributed by atoms with van der Waals surface area (Å²) in [5.74, 6) is -3.22. The molecule has 14 heteroatoms. The molecule has 0 radical (unpaired) electrons. The maximum absolute atomic E-state index is 14.5. The smallest absolute Gasteiger partial charge is 0.328 e. The zero-order chi connectivity index (χ0) is 43.3. The zero-order valence-corrected chi connectivity index (χ0v) is 35.3. The number of likely N-dealkylation sites (N-methyl/N-ethyl adjacent to an activating group) is 3. The first-order valence-electron chi connectivity index (χ1n) is 19.4. The summed E-state index contributed by atoms with van der Waals surface area (Å²) >= 11 is 0. The van der Waals surface area contributed by atoms with Crippen LogP contribution in [-0.2, 0) is 52.7 Å². The molecule has 14 nitrogen and oxygen atoms in total. The Hall–Kier alpha value is -5.63. The van der Waals surface area contributed by atoms with Crippen LogP contribution in [0.2, 0.25) is 0 Å². The molecule has 0 spiro atoms. The average Bonchev–Trinajstić information content (AvgIpc) is 3.21. The van der Waals surface area contributed by atoms with Gasteiger partial charge in [0.05, 0.1) is 14.2 Å². The summed E-state index contributed by atoms with van der Waals surface area (Å²) in [4.78, 5) is 74.2. The summed E-state index contributed by atoms with van der Waals surface area (Å²) in [6, 6.07) is 15.6. The van der Waals surface area contributed by atoms with E-state index in [9.17, 15) is 34.2 Å². The van der Waals surface area contributed by atoms with Crippen molar-refractivity contribution < 1.29 is 48.4 Å². The summed E-state index contributed by atoms with van der Waals surface area (Å²) in [5, 5.41) is 22.6. The normalized spacial score (nSPS) is 14.3. The fourth-order valence-electron chi connectivity index (χ4n) is 6.43. The molecule has 0 saturated heterocycles. The molecule has 3 aromatic rings. The second kappa shape index (κ2) is 21.8. The van der Waals surface area contributed by atoms with E-state index in [-0.39, 0.29) is 24.3 Å². The van der Waals surface area contributed by atoms with Crippen molar-refractivity contribution in [2.75, 3.05) is 42.4 Å². The number of carbonyl (C=O) groups is 5. The third-order valence-corrected chi connectivity index (χ3v) is 10.5. The van der Waals surface area contributed by atoms with Gasteiger partial charge in [0.1, 0.15) is 41.4 Å². The first-order valence-corrected chi connectivity index (χ1v) is 19.4. The number of methoxy groups -OCH3 is 2. The Kier molecular flexibility index (Phi) is 17.5. The lowest BCUT2D eigenvalue weighted by Crippen LogP contribution is -2.59. The van der Waals surface area contributed by atoms with Crippen molar-refractivity contribution in [1.82, 2.24) is 20.0 Å². The lowest BCUT2D eigenvalue weighted by molar-refractivity contribution is -0.164. The van der Waals surface area contributed by atoms with Crippen LogP contribution in [0.4, 0.5) is 0 Å². The van der Waals surface area contributed by atoms with Crippen LogP contribution in [0, 0.1) is 11.8 Å². The molecular weight excluding hydrogens is 745 g/mol. The van der Waals surface area contributed by atoms with Crippen molar-refractivity contribution in [2.45, 2.75) is 83.6 Å². The van der Waals surface area contributed by atoms with Crippen LogP contribution in [0.25, 0.3) is 0 Å². The largest absolute Gasteiger partial charge is 0.508 e. The lowest BCUT2D eigenvalue weighted by Gasteiger charge is -2.36. The van der Waals surface area contributed by atoms with Gasteiger partial charge in [0.15, 0.2) is 6.10 Å². The Balaban J connectivity index is 1.92. The highest BCUT2D eigenvalue weighted by molar-refractivity contribution is 5.95. The van der Waals surface area contributed by atoms with E-state index in [4.69, 9.17) is 14.2 Å². The molecule has 0 bridgehead atoms. The average molecular weight is 805 g/mol. The number of phenolic OH excluding ortho intramolecular Hbond substituents is 2. The van der Waals surface area contributed by atoms with E-state index in [1.165, 1.54) is 55.3 Å². The third kappa shape index (κ3) is 12.7. The number of amides is 3. The van der Waals surface area contributed by atoms with Gasteiger partial charge < -0.3 is 39.5 Å². The van der Waals surface area contributed by atoms with Crippen molar-refractivity contribution in [3.8, 4) is 17.2 Å². The van der Waals surface area contributed by atoms with Gasteiger partial charge in [-0.25, -0.2) is 4.79 Å². The minimum Gasteiger partial charge on any atom is -0.508 e. The predicted molar refractivity (Wildman–Crippen MR) is 219 cm³/mol. The van der Waals surface area contributed by atoms with E-state index in [0.717, 1.165) is 5.56 Å². The molecule has 0 fully saturated rings. The number of ether oxygens (including phenoxy) is 3. The maximum atomic E-state index is 14.5. The van der Waals surface area contributed by atoms with Crippen LogP contribution in [-0.4, -0.2) is 127 Å². The molecule has 0 aliphatic carbocycles. The Morgan fingerprint density at radius 1 is 0.638 bits per heavy atom. The Bertz CT molecular complexity index is 1820. The van der Waals surface area contributed by atoms with E-state index < -0.39 is 71.8 Å². The summed E-state index contributed by atoms with van der Waals surface area (Å²) < 4.78 is 16.3. The highest BCUT2D eigenvalue weighted by atomic mass is 16.6. The highest BCUT2D eigenvalue weighted by Gasteiger charge is 2.40. The monoisotopic (exact) mass is 804 g/mol. The van der Waals surface area contributed by atoms with Crippen LogP contribution in [0.5, 0.6) is 17.2 Å². The number of nitrogens with zero attached hydrogens (tertiary/aromatic N) is 3. The fraction of sp³-hybridized carbons (Fsp3) is 0.477. The maximum Gasteiger partial charge on any atom is 0.328 e. The molecule has 1 unspecified atom stereocenters. The van der Waals surface area contributed by atoms with Gasteiger partial charge in [0.25, 0.3) is 5.91 Å². The molecule has 316 valence electrons. The number of carbonyl (C=O) groups excluding carboxylic acids is 5. The molecule has 58 heavy (non-hydrogen) atoms. The van der Waals surface area contributed by atoms with E-state index >= 15 is 0 Å². The van der Waals surface area contributed by atoms with Gasteiger partial charge in [0.2, 0.25) is 11.8 Å². The van der Waals surface area contributed by atoms with Gasteiger partial charge in [-0.3, -0.25) is 24.1 Å². The van der Waals surface area contributed by atoms with Gasteiger partial charge in [-0.15, -0.1) is 0 Å². The number of rotatable bonds is 20. The summed E-state index contributed by atoms with van der Waals surface area (Å²) in [5.41, 5.74) is 2.15. The van der Waals surface area contributed by atoms with Crippen molar-refractivity contribution in [1.29, 1.82) is 0 Å². The molecule has 0 aliphatic rings. The van der Waals surface area contributed by atoms with Gasteiger partial charge in [-0.1, -0.05) is 64.1 Å². The zero-order valence-electron chi connectivity index (χ0n) is 35.3. The molecule has 3 amide bonds. The number of phenols is 2. The minimum absolute atomic E-state index is 0.00475. The molecule has 0 heterocycles. The topological polar surface area (TPSA) is 175 Å². The van der Waals surface area contributed by atoms with Gasteiger partial charge in [-0.05, 0) is 85.9 Å². The van der Waals surface area contributed by atoms with Crippen molar-refractivity contribution in [3.05, 3.63) is 89.5 Å². The Morgan fingerprint density at radius 3 is 1.52 bits per heavy atom. The minimum atomic E-state index is -1.23. The third-order valence-electron chi connectivity index (χ3n) is 10.5. The number of hydrogen-bond donors (Lipinski definition) is 3. The van der Waals surface area contributed by atoms with E-state index in [0.29, 0.717) is 29.7 Å². The van der Waals surface area contributed by atoms with Gasteiger partial charge >= 0.3 is 11.9 Å². The molecule has 3 rings (SSSR count). The highest BCUT2D eigenvalue weighted by Crippen LogP contribution is 2.22. The van der Waals surface area contributed by atoms with Crippen LogP contribution in [0.1, 0.15) is 50.8 Å². The van der Waals surface area contributed by atoms with Gasteiger partial charge in [0, 0.05) is 32.9 Å². The quantitative estimate of drug-likeness (QED) is 0.141. The molecule has 0 aliphatic heterocycles. The van der Waals surface area contributed by atoms with Crippen LogP contribution in [0.3, 0.4) is 0 Å². The van der Waals surface area contributed by atoms with Crippen molar-refractivity contribution >= 4 is 29.7 Å². The van der Waals surface area contributed by atoms with E-state index in [1.54, 1.807) is 83.3 Å². The van der Waals surface area contributed by atoms with E-state index in [2.05, 4.69) is 5.32 Å². The first kappa shape index (κ1) is 46.8. The van der Waals surface area contributed by atoms with Crippen LogP contribution < -0.4 is 10.1 Å². The standard InChI is InChI=1S/C44H60N4O10/c1-11-28(4)39(58-44(55)36(46(5)6)25-31-16-22-34(56-9)23-17-31)40(51)45-38(27(2)3)42(53)47(7)35(24-29-12-18-32(49)19-13-29)41(52)48(8)37(43(54)57-10)26-30-14-20-33(50)21-15-30/h12-23,27-28,35-39,49-50H,11,24-26H2,1-10H3,(H,45,51)/t28-,35?,36+,37-,38+,39+/m0/s1. The van der Waals surface area contributed by atoms with Crippen molar-refractivity contribution in [3.63, 3.8) is 0 Å². The molecular formula is C44H60N4O10. The number of esters is 2. The number of benzene rings is 3. The summed E-state index contributed by atoms with van der Waals surface area (Å²) in [6.07, 6.45) is -0.341. The first-order chi connectivity index (χ1) is 27.4. The van der Waals surface area contributed by atoms with Crippen molar-refractivity contribution in [2.24, 2.45) is 11.8 Å². The van der Waals surface area contributed by atoms with Gasteiger partial charge in [-0.2, -0.15) is 0 Å². The molecule has 6 atom stereocenters. The fourth-order valence-corrected chi connectivity index (χ4v) is 6.43. The molecule has 0 saturated carbocycles. The second-order valence-electron chi connectivity index (χ2n) is 15.2. The molecule has 3 aromatic carbocycles. The van der Waals surface area contributed by atoms with Crippen LogP contribution >= 0.6 is 0 Å². The Labute approximate surface area is 342 Å².